The van der Waals surface area contributed by atoms with Crippen molar-refractivity contribution in [3.63, 3.8) is 0 Å². The second kappa shape index (κ2) is 4.97. The summed E-state index contributed by atoms with van der Waals surface area (Å²) in [5.41, 5.74) is 10.4. The lowest BCUT2D eigenvalue weighted by Gasteiger charge is -2.09. The fraction of sp³-hybridized carbons (Fsp3) is 0.222. The van der Waals surface area contributed by atoms with Crippen LogP contribution in [-0.2, 0) is 4.79 Å². The number of primary amides is 1. The molecule has 0 saturated heterocycles. The summed E-state index contributed by atoms with van der Waals surface area (Å²) in [4.78, 5) is 10.6. The van der Waals surface area contributed by atoms with Crippen LogP contribution < -0.4 is 16.2 Å². The molecule has 0 aliphatic carbocycles. The molecule has 0 spiro atoms. The summed E-state index contributed by atoms with van der Waals surface area (Å²) >= 11 is 3.29. The van der Waals surface area contributed by atoms with Crippen LogP contribution in [0.1, 0.15) is 0 Å². The zero-order chi connectivity index (χ0) is 10.6. The first-order valence-corrected chi connectivity index (χ1v) is 4.82. The van der Waals surface area contributed by atoms with Crippen LogP contribution in [0.3, 0.4) is 0 Å². The Balaban J connectivity index is 2.46. The smallest absolute Gasteiger partial charge is 0.237 e. The van der Waals surface area contributed by atoms with E-state index in [0.717, 1.165) is 4.47 Å². The van der Waals surface area contributed by atoms with Gasteiger partial charge in [0, 0.05) is 4.47 Å². The van der Waals surface area contributed by atoms with Gasteiger partial charge in [0.05, 0.1) is 0 Å². The standard InChI is InChI=1S/C9H11BrN2O2/c10-6-1-3-7(4-2-6)14-5-8(11)9(12)13/h1-4,8H,5,11H2,(H2,12,13). The highest BCUT2D eigenvalue weighted by molar-refractivity contribution is 9.10. The van der Waals surface area contributed by atoms with E-state index < -0.39 is 11.9 Å². The minimum Gasteiger partial charge on any atom is -0.491 e. The van der Waals surface area contributed by atoms with Gasteiger partial charge in [0.25, 0.3) is 0 Å². The number of halogens is 1. The van der Waals surface area contributed by atoms with Crippen molar-refractivity contribution in [1.29, 1.82) is 0 Å². The van der Waals surface area contributed by atoms with Crippen molar-refractivity contribution in [3.8, 4) is 5.75 Å². The second-order valence-corrected chi connectivity index (χ2v) is 3.69. The molecule has 0 aromatic heterocycles. The van der Waals surface area contributed by atoms with E-state index in [2.05, 4.69) is 15.9 Å². The van der Waals surface area contributed by atoms with Gasteiger partial charge in [-0.1, -0.05) is 15.9 Å². The Labute approximate surface area is 90.3 Å². The summed E-state index contributed by atoms with van der Waals surface area (Å²) in [6.07, 6.45) is 0. The first-order valence-electron chi connectivity index (χ1n) is 4.03. The molecule has 0 radical (unpaired) electrons. The first kappa shape index (κ1) is 11.0. The van der Waals surface area contributed by atoms with Crippen LogP contribution >= 0.6 is 15.9 Å². The van der Waals surface area contributed by atoms with E-state index in [4.69, 9.17) is 16.2 Å². The summed E-state index contributed by atoms with van der Waals surface area (Å²) < 4.78 is 6.20. The molecule has 1 rings (SSSR count). The number of benzene rings is 1. The number of nitrogens with two attached hydrogens (primary N) is 2. The van der Waals surface area contributed by atoms with Gasteiger partial charge >= 0.3 is 0 Å². The number of carbonyl (C=O) groups is 1. The average molecular weight is 259 g/mol. The molecule has 1 unspecified atom stereocenters. The van der Waals surface area contributed by atoms with Crippen molar-refractivity contribution in [2.75, 3.05) is 6.61 Å². The van der Waals surface area contributed by atoms with Crippen LogP contribution in [-0.4, -0.2) is 18.6 Å². The molecule has 0 fully saturated rings. The average Bonchev–Trinajstić information content (AvgIpc) is 2.16. The molecule has 4 nitrogen and oxygen atoms in total. The third-order valence-electron chi connectivity index (χ3n) is 1.61. The fourth-order valence-electron chi connectivity index (χ4n) is 0.799. The SMILES string of the molecule is NC(=O)C(N)COc1ccc(Br)cc1. The van der Waals surface area contributed by atoms with Crippen molar-refractivity contribution in [3.05, 3.63) is 28.7 Å². The molecule has 0 aliphatic heterocycles. The molecule has 1 aromatic rings. The summed E-state index contributed by atoms with van der Waals surface area (Å²) in [5.74, 6) is 0.0898. The highest BCUT2D eigenvalue weighted by Crippen LogP contribution is 2.15. The fourth-order valence-corrected chi connectivity index (χ4v) is 1.06. The van der Waals surface area contributed by atoms with Crippen molar-refractivity contribution in [2.24, 2.45) is 11.5 Å². The maximum atomic E-state index is 10.6. The lowest BCUT2D eigenvalue weighted by molar-refractivity contribution is -0.119. The van der Waals surface area contributed by atoms with E-state index >= 15 is 0 Å². The van der Waals surface area contributed by atoms with Gasteiger partial charge in [-0.2, -0.15) is 0 Å². The highest BCUT2D eigenvalue weighted by atomic mass is 79.9. The van der Waals surface area contributed by atoms with Gasteiger partial charge in [0.15, 0.2) is 0 Å². The van der Waals surface area contributed by atoms with E-state index in [0.29, 0.717) is 5.75 Å². The molecule has 0 bridgehead atoms. The Hall–Kier alpha value is -1.07. The van der Waals surface area contributed by atoms with Gasteiger partial charge in [0.2, 0.25) is 5.91 Å². The second-order valence-electron chi connectivity index (χ2n) is 2.77. The number of hydrogen-bond donors (Lipinski definition) is 2. The Kier molecular flexibility index (Phi) is 3.91. The molecule has 14 heavy (non-hydrogen) atoms. The van der Waals surface area contributed by atoms with E-state index in [-0.39, 0.29) is 6.61 Å². The van der Waals surface area contributed by atoms with Crippen molar-refractivity contribution in [2.45, 2.75) is 6.04 Å². The predicted octanol–water partition coefficient (Wildman–Crippen LogP) is 0.641. The number of rotatable bonds is 4. The summed E-state index contributed by atoms with van der Waals surface area (Å²) in [6, 6.07) is 6.46. The predicted molar refractivity (Wildman–Crippen MR) is 56.8 cm³/mol. The summed E-state index contributed by atoms with van der Waals surface area (Å²) in [5, 5.41) is 0. The third-order valence-corrected chi connectivity index (χ3v) is 2.14. The van der Waals surface area contributed by atoms with Gasteiger partial charge < -0.3 is 16.2 Å². The maximum absolute atomic E-state index is 10.6. The van der Waals surface area contributed by atoms with Crippen LogP contribution in [0.5, 0.6) is 5.75 Å². The van der Waals surface area contributed by atoms with Gasteiger partial charge in [-0.05, 0) is 24.3 Å². The molecule has 1 atom stereocenters. The topological polar surface area (TPSA) is 78.3 Å². The summed E-state index contributed by atoms with van der Waals surface area (Å²) in [6.45, 7) is 0.0942. The van der Waals surface area contributed by atoms with E-state index in [1.807, 2.05) is 12.1 Å². The molecule has 5 heteroatoms. The Bertz CT molecular complexity index is 313. The monoisotopic (exact) mass is 258 g/mol. The highest BCUT2D eigenvalue weighted by Gasteiger charge is 2.09. The lowest BCUT2D eigenvalue weighted by Crippen LogP contribution is -2.41. The van der Waals surface area contributed by atoms with Crippen LogP contribution in [0.15, 0.2) is 28.7 Å². The van der Waals surface area contributed by atoms with Crippen LogP contribution in [0.25, 0.3) is 0 Å². The molecule has 4 N–H and O–H groups in total. The Morgan fingerprint density at radius 3 is 2.50 bits per heavy atom. The quantitative estimate of drug-likeness (QED) is 0.832. The molecular formula is C9H11BrN2O2. The molecule has 0 saturated carbocycles. The Morgan fingerprint density at radius 1 is 1.43 bits per heavy atom. The van der Waals surface area contributed by atoms with Crippen LogP contribution in [0.2, 0.25) is 0 Å². The third kappa shape index (κ3) is 3.35. The number of hydrogen-bond acceptors (Lipinski definition) is 3. The zero-order valence-corrected chi connectivity index (χ0v) is 9.03. The van der Waals surface area contributed by atoms with Crippen LogP contribution in [0.4, 0.5) is 0 Å². The maximum Gasteiger partial charge on any atom is 0.237 e. The minimum atomic E-state index is -0.765. The van der Waals surface area contributed by atoms with E-state index in [1.165, 1.54) is 0 Å². The van der Waals surface area contributed by atoms with Gasteiger partial charge in [-0.25, -0.2) is 0 Å². The van der Waals surface area contributed by atoms with Crippen LogP contribution in [0, 0.1) is 0 Å². The van der Waals surface area contributed by atoms with E-state index in [1.54, 1.807) is 12.1 Å². The summed E-state index contributed by atoms with van der Waals surface area (Å²) in [7, 11) is 0. The minimum absolute atomic E-state index is 0.0942. The molecular weight excluding hydrogens is 248 g/mol. The lowest BCUT2D eigenvalue weighted by atomic mass is 10.3. The molecule has 1 amide bonds. The zero-order valence-electron chi connectivity index (χ0n) is 7.44. The van der Waals surface area contributed by atoms with Crippen molar-refractivity contribution < 1.29 is 9.53 Å². The molecule has 1 aromatic carbocycles. The first-order chi connectivity index (χ1) is 6.59. The largest absolute Gasteiger partial charge is 0.491 e. The Morgan fingerprint density at radius 2 is 2.00 bits per heavy atom. The van der Waals surface area contributed by atoms with Gasteiger partial charge in [-0.15, -0.1) is 0 Å². The van der Waals surface area contributed by atoms with Crippen molar-refractivity contribution in [1.82, 2.24) is 0 Å². The van der Waals surface area contributed by atoms with Gasteiger partial charge in [0.1, 0.15) is 18.4 Å². The molecule has 0 heterocycles. The normalized spacial score (nSPS) is 12.1. The number of amides is 1. The van der Waals surface area contributed by atoms with Crippen molar-refractivity contribution >= 4 is 21.8 Å². The van der Waals surface area contributed by atoms with Gasteiger partial charge in [-0.3, -0.25) is 4.79 Å². The molecule has 76 valence electrons. The molecule has 0 aliphatic rings. The van der Waals surface area contributed by atoms with E-state index in [9.17, 15) is 4.79 Å². The number of ether oxygens (including phenoxy) is 1. The number of carbonyl (C=O) groups excluding carboxylic acids is 1.